The largest absolute Gasteiger partial charge is 0.467 e. The number of carbonyl (C=O) groups is 2. The van der Waals surface area contributed by atoms with Gasteiger partial charge in [0.25, 0.3) is 11.8 Å². The number of hydrogen-bond acceptors (Lipinski definition) is 12. The summed E-state index contributed by atoms with van der Waals surface area (Å²) in [5.74, 6) is -3.77. The van der Waals surface area contributed by atoms with Crippen LogP contribution in [0, 0.1) is 11.6 Å². The highest BCUT2D eigenvalue weighted by atomic mass is 19.4. The quantitative estimate of drug-likeness (QED) is 0.160. The summed E-state index contributed by atoms with van der Waals surface area (Å²) in [6.07, 6.45) is -5.83. The predicted octanol–water partition coefficient (Wildman–Crippen LogP) is 4.94. The molecule has 0 unspecified atom stereocenters. The van der Waals surface area contributed by atoms with Crippen LogP contribution < -0.4 is 30.7 Å². The highest BCUT2D eigenvalue weighted by molar-refractivity contribution is 6.03. The van der Waals surface area contributed by atoms with Crippen molar-refractivity contribution in [2.75, 3.05) is 63.2 Å². The van der Waals surface area contributed by atoms with Crippen molar-refractivity contribution >= 4 is 23.2 Å². The second-order valence-electron chi connectivity index (χ2n) is 11.8. The molecule has 4 heterocycles. The Kier molecular flexibility index (Phi) is 14.0. The summed E-state index contributed by atoms with van der Waals surface area (Å²) in [5, 5.41) is 10.9. The molecule has 300 valence electrons. The van der Waals surface area contributed by atoms with Gasteiger partial charge in [0.15, 0.2) is 24.6 Å². The van der Waals surface area contributed by atoms with Crippen LogP contribution >= 0.6 is 0 Å². The van der Waals surface area contributed by atoms with Crippen LogP contribution in [0.4, 0.5) is 46.5 Å². The Balaban J connectivity index is 0.000000214. The molecule has 0 aliphatic carbocycles. The van der Waals surface area contributed by atoms with Crippen molar-refractivity contribution in [3.8, 4) is 11.8 Å². The lowest BCUT2D eigenvalue weighted by Crippen LogP contribution is -2.33. The fraction of sp³-hybridized carbons (Fsp3) is 0.353. The molecule has 2 aromatic heterocycles. The number of nitrogens with zero attached hydrogens (tertiary/aromatic N) is 4. The maximum atomic E-state index is 14.4. The summed E-state index contributed by atoms with van der Waals surface area (Å²) in [7, 11) is 0. The predicted molar refractivity (Wildman–Crippen MR) is 179 cm³/mol. The van der Waals surface area contributed by atoms with Gasteiger partial charge >= 0.3 is 12.4 Å². The Morgan fingerprint density at radius 1 is 0.714 bits per heavy atom. The first-order valence-corrected chi connectivity index (χ1v) is 16.5. The van der Waals surface area contributed by atoms with E-state index in [2.05, 4.69) is 50.7 Å². The number of benzene rings is 2. The molecule has 2 aliphatic heterocycles. The van der Waals surface area contributed by atoms with E-state index < -0.39 is 66.9 Å². The molecule has 56 heavy (non-hydrogen) atoms. The van der Waals surface area contributed by atoms with Crippen molar-refractivity contribution in [3.05, 3.63) is 95.3 Å². The van der Waals surface area contributed by atoms with Crippen molar-refractivity contribution in [3.63, 3.8) is 0 Å². The van der Waals surface area contributed by atoms with Crippen molar-refractivity contribution in [1.82, 2.24) is 30.6 Å². The zero-order chi connectivity index (χ0) is 40.3. The van der Waals surface area contributed by atoms with E-state index in [4.69, 9.17) is 9.47 Å². The number of nitrogens with one attached hydrogen (secondary N) is 4. The standard InChI is InChI=1S/2C17H16F4N4O3/c18-11-5-10(14-7-22-3-4-27-14)1-2-12(11)25-16(26)13-6-23-8-15(24-13)28-9-17(19,20)21;18-12-5-10(1-2-11(12)14-7-22-3-4-27-14)24-16(26)13-6-23-8-15(25-13)28-9-17(19,20)21/h1-2,5-6,8,14,22H,3-4,7,9H2,(H,25,26);1-2,5-6,8,14,22H,3-4,7,9H2,(H,24,26)/t2*14-/m11/s1. The van der Waals surface area contributed by atoms with Gasteiger partial charge in [-0.25, -0.2) is 18.7 Å². The lowest BCUT2D eigenvalue weighted by atomic mass is 10.1. The molecule has 2 amide bonds. The minimum atomic E-state index is -4.55. The van der Waals surface area contributed by atoms with Gasteiger partial charge in [0.2, 0.25) is 11.8 Å². The van der Waals surface area contributed by atoms with Gasteiger partial charge < -0.3 is 40.2 Å². The van der Waals surface area contributed by atoms with Crippen LogP contribution in [0.1, 0.15) is 44.3 Å². The third-order valence-electron chi connectivity index (χ3n) is 7.53. The van der Waals surface area contributed by atoms with Crippen LogP contribution in [0.25, 0.3) is 0 Å². The third-order valence-corrected chi connectivity index (χ3v) is 7.53. The lowest BCUT2D eigenvalue weighted by molar-refractivity contribution is -0.154. The summed E-state index contributed by atoms with van der Waals surface area (Å²) in [5.41, 5.74) is 0.420. The Morgan fingerprint density at radius 2 is 1.27 bits per heavy atom. The smallest absolute Gasteiger partial charge is 0.422 e. The lowest BCUT2D eigenvalue weighted by Gasteiger charge is -2.24. The van der Waals surface area contributed by atoms with E-state index in [1.165, 1.54) is 24.3 Å². The van der Waals surface area contributed by atoms with E-state index in [1.54, 1.807) is 6.07 Å². The summed E-state index contributed by atoms with van der Waals surface area (Å²) in [4.78, 5) is 39.0. The van der Waals surface area contributed by atoms with Crippen LogP contribution in [0.5, 0.6) is 11.8 Å². The van der Waals surface area contributed by atoms with Crippen molar-refractivity contribution in [2.24, 2.45) is 0 Å². The maximum absolute atomic E-state index is 14.4. The monoisotopic (exact) mass is 800 g/mol. The molecule has 0 radical (unpaired) electrons. The van der Waals surface area contributed by atoms with Gasteiger partial charge in [-0.05, 0) is 29.8 Å². The average Bonchev–Trinajstić information content (AvgIpc) is 3.18. The molecule has 4 aromatic rings. The van der Waals surface area contributed by atoms with Crippen LogP contribution in [-0.4, -0.2) is 96.7 Å². The summed E-state index contributed by atoms with van der Waals surface area (Å²) in [6.45, 7) is 0.288. The number of anilines is 2. The molecule has 2 saturated heterocycles. The van der Waals surface area contributed by atoms with Crippen molar-refractivity contribution < 1.29 is 63.7 Å². The van der Waals surface area contributed by atoms with Crippen LogP contribution in [0.3, 0.4) is 0 Å². The van der Waals surface area contributed by atoms with Crippen LogP contribution in [0.15, 0.2) is 61.2 Å². The first kappa shape index (κ1) is 41.6. The first-order valence-electron chi connectivity index (χ1n) is 16.5. The number of morpholine rings is 2. The zero-order valence-corrected chi connectivity index (χ0v) is 28.8. The molecule has 14 nitrogen and oxygen atoms in total. The van der Waals surface area contributed by atoms with Gasteiger partial charge in [-0.2, -0.15) is 26.3 Å². The first-order chi connectivity index (χ1) is 26.6. The van der Waals surface area contributed by atoms with Gasteiger partial charge in [0, 0.05) is 37.4 Å². The topological polar surface area (TPSA) is 171 Å². The van der Waals surface area contributed by atoms with Gasteiger partial charge in [0.1, 0.15) is 11.6 Å². The van der Waals surface area contributed by atoms with E-state index in [-0.39, 0.29) is 28.9 Å². The van der Waals surface area contributed by atoms with Crippen molar-refractivity contribution in [2.45, 2.75) is 24.6 Å². The third kappa shape index (κ3) is 12.7. The van der Waals surface area contributed by atoms with E-state index in [1.807, 2.05) is 0 Å². The number of hydrogen-bond donors (Lipinski definition) is 4. The minimum Gasteiger partial charge on any atom is -0.467 e. The number of carbonyl (C=O) groups excluding carboxylic acids is 2. The molecule has 0 saturated carbocycles. The highest BCUT2D eigenvalue weighted by Gasteiger charge is 2.30. The molecule has 2 aliphatic rings. The number of halogens is 8. The van der Waals surface area contributed by atoms with E-state index in [9.17, 15) is 44.7 Å². The molecule has 6 rings (SSSR count). The Bertz CT molecular complexity index is 1960. The molecular formula is C34H32F8N8O6. The average molecular weight is 801 g/mol. The normalized spacial score (nSPS) is 17.2. The van der Waals surface area contributed by atoms with E-state index in [0.29, 0.717) is 44.0 Å². The molecule has 4 N–H and O–H groups in total. The molecule has 2 fully saturated rings. The minimum absolute atomic E-state index is 0.110. The van der Waals surface area contributed by atoms with E-state index >= 15 is 0 Å². The van der Waals surface area contributed by atoms with Gasteiger partial charge in [-0.15, -0.1) is 0 Å². The number of rotatable bonds is 10. The molecule has 0 bridgehead atoms. The molecule has 22 heteroatoms. The highest BCUT2D eigenvalue weighted by Crippen LogP contribution is 2.26. The van der Waals surface area contributed by atoms with E-state index in [0.717, 1.165) is 37.4 Å². The van der Waals surface area contributed by atoms with Gasteiger partial charge in [-0.1, -0.05) is 12.1 Å². The fourth-order valence-electron chi connectivity index (χ4n) is 4.99. The molecule has 2 atom stereocenters. The van der Waals surface area contributed by atoms with Crippen LogP contribution in [-0.2, 0) is 9.47 Å². The SMILES string of the molecule is O=C(Nc1ccc([C@H]2CNCCO2)c(F)c1)c1cncc(OCC(F)(F)F)n1.O=C(Nc1ccc([C@H]2CNCCO2)cc1F)c1cncc(OCC(F)(F)F)n1. The zero-order valence-electron chi connectivity index (χ0n) is 28.8. The second-order valence-corrected chi connectivity index (χ2v) is 11.8. The Hall–Kier alpha value is -5.58. The second kappa shape index (κ2) is 18.8. The Morgan fingerprint density at radius 3 is 1.77 bits per heavy atom. The summed E-state index contributed by atoms with van der Waals surface area (Å²) >= 11 is 0. The number of ether oxygens (including phenoxy) is 4. The molecule has 0 spiro atoms. The summed E-state index contributed by atoms with van der Waals surface area (Å²) < 4.78 is 122. The molecular weight excluding hydrogens is 768 g/mol. The van der Waals surface area contributed by atoms with Gasteiger partial charge in [-0.3, -0.25) is 19.6 Å². The molecule has 2 aromatic carbocycles. The number of aromatic nitrogens is 4. The number of amides is 2. The van der Waals surface area contributed by atoms with Crippen molar-refractivity contribution in [1.29, 1.82) is 0 Å². The van der Waals surface area contributed by atoms with Gasteiger partial charge in [0.05, 0.1) is 55.9 Å². The Labute approximate surface area is 312 Å². The maximum Gasteiger partial charge on any atom is 0.422 e. The fourth-order valence-corrected chi connectivity index (χ4v) is 4.99. The summed E-state index contributed by atoms with van der Waals surface area (Å²) in [6, 6.07) is 8.36. The number of alkyl halides is 6. The van der Waals surface area contributed by atoms with Crippen LogP contribution in [0.2, 0.25) is 0 Å².